The van der Waals surface area contributed by atoms with Gasteiger partial charge in [0.15, 0.2) is 17.0 Å². The van der Waals surface area contributed by atoms with Gasteiger partial charge in [0.25, 0.3) is 0 Å². The van der Waals surface area contributed by atoms with Crippen molar-refractivity contribution in [2.45, 2.75) is 39.3 Å². The van der Waals surface area contributed by atoms with Crippen molar-refractivity contribution < 1.29 is 37.0 Å². The first-order valence-electron chi connectivity index (χ1n) is 16.0. The summed E-state index contributed by atoms with van der Waals surface area (Å²) in [6.45, 7) is 3.83. The van der Waals surface area contributed by atoms with E-state index in [1.54, 1.807) is 36.4 Å². The first kappa shape index (κ1) is 35.9. The van der Waals surface area contributed by atoms with Crippen LogP contribution in [-0.4, -0.2) is 50.0 Å². The number of halogens is 3. The minimum absolute atomic E-state index is 0.0332. The van der Waals surface area contributed by atoms with E-state index >= 15 is 0 Å². The number of aromatic nitrogens is 3. The molecule has 1 aromatic heterocycles. The second-order valence-electron chi connectivity index (χ2n) is 11.5. The number of rotatable bonds is 10. The number of carbonyl (C=O) groups is 3. The fourth-order valence-corrected chi connectivity index (χ4v) is 6.32. The summed E-state index contributed by atoms with van der Waals surface area (Å²) >= 11 is 1.13. The van der Waals surface area contributed by atoms with Gasteiger partial charge >= 0.3 is 18.4 Å². The van der Waals surface area contributed by atoms with Crippen LogP contribution < -0.4 is 15.0 Å². The number of nitrogens with zero attached hydrogens (tertiary/aromatic N) is 5. The van der Waals surface area contributed by atoms with E-state index in [9.17, 15) is 27.6 Å². The molecule has 52 heavy (non-hydrogen) atoms. The fourth-order valence-electron chi connectivity index (χ4n) is 5.47. The third-order valence-electron chi connectivity index (χ3n) is 7.94. The lowest BCUT2D eigenvalue weighted by Gasteiger charge is -2.22. The van der Waals surface area contributed by atoms with Gasteiger partial charge in [-0.2, -0.15) is 4.99 Å². The largest absolute Gasteiger partial charge is 0.573 e. The summed E-state index contributed by atoms with van der Waals surface area (Å²) in [5, 5.41) is 7.28. The van der Waals surface area contributed by atoms with Crippen LogP contribution in [0, 0.1) is 6.92 Å². The molecule has 5 aromatic rings. The molecule has 4 aromatic carbocycles. The van der Waals surface area contributed by atoms with Crippen LogP contribution in [-0.2, 0) is 27.4 Å². The van der Waals surface area contributed by atoms with Gasteiger partial charge in [-0.25, -0.2) is 19.3 Å². The number of amidine groups is 1. The third-order valence-corrected chi connectivity index (χ3v) is 8.87. The Balaban J connectivity index is 1.23. The Morgan fingerprint density at radius 2 is 1.71 bits per heavy atom. The van der Waals surface area contributed by atoms with Crippen molar-refractivity contribution in [3.05, 3.63) is 126 Å². The van der Waals surface area contributed by atoms with Crippen LogP contribution in [0.5, 0.6) is 5.75 Å². The lowest BCUT2D eigenvalue weighted by Crippen LogP contribution is -2.36. The number of esters is 1. The standard InChI is InChI=1S/C37H31F3N6O5S/c1-3-25-11-7-8-23(2)32(25)46-30(47)21-52-36(46)43-35(49)42-31(34(48)50-20-24-9-5-4-6-10-24)26-12-14-27(15-13-26)33-41-22-45(44-33)28-16-18-29(19-17-28)51-37(38,39)40/h4-19,22,31H,3,20-21H2,1-2H3,(H,42,49)/b43-36-. The maximum atomic E-state index is 13.5. The Morgan fingerprint density at radius 3 is 2.40 bits per heavy atom. The molecular formula is C37H31F3N6O5S. The molecule has 266 valence electrons. The lowest BCUT2D eigenvalue weighted by atomic mass is 10.0. The Hall–Kier alpha value is -5.96. The molecule has 2 heterocycles. The molecule has 0 spiro atoms. The number of aryl methyl sites for hydroxylation is 2. The van der Waals surface area contributed by atoms with Crippen molar-refractivity contribution in [1.82, 2.24) is 20.1 Å². The number of thioether (sulfide) groups is 1. The molecule has 15 heteroatoms. The predicted molar refractivity (Wildman–Crippen MR) is 189 cm³/mol. The minimum atomic E-state index is -4.81. The lowest BCUT2D eigenvalue weighted by molar-refractivity contribution is -0.274. The van der Waals surface area contributed by atoms with Crippen LogP contribution in [0.25, 0.3) is 17.1 Å². The van der Waals surface area contributed by atoms with Crippen molar-refractivity contribution in [2.75, 3.05) is 10.7 Å². The van der Waals surface area contributed by atoms with Crippen LogP contribution in [0.2, 0.25) is 0 Å². The van der Waals surface area contributed by atoms with Crippen molar-refractivity contribution >= 4 is 40.5 Å². The number of aliphatic imine (C=N–C) groups is 1. The molecule has 1 saturated heterocycles. The zero-order chi connectivity index (χ0) is 36.8. The highest BCUT2D eigenvalue weighted by molar-refractivity contribution is 8.15. The average molecular weight is 729 g/mol. The number of para-hydroxylation sites is 1. The second-order valence-corrected chi connectivity index (χ2v) is 12.4. The predicted octanol–water partition coefficient (Wildman–Crippen LogP) is 7.33. The maximum absolute atomic E-state index is 13.5. The minimum Gasteiger partial charge on any atom is -0.459 e. The molecule has 1 N–H and O–H groups in total. The zero-order valence-electron chi connectivity index (χ0n) is 27.8. The Morgan fingerprint density at radius 1 is 0.981 bits per heavy atom. The van der Waals surface area contributed by atoms with E-state index in [0.29, 0.717) is 34.7 Å². The molecule has 1 unspecified atom stereocenters. The van der Waals surface area contributed by atoms with Gasteiger partial charge in [0.1, 0.15) is 18.7 Å². The van der Waals surface area contributed by atoms with E-state index in [4.69, 9.17) is 4.74 Å². The van der Waals surface area contributed by atoms with Gasteiger partial charge in [0.2, 0.25) is 5.91 Å². The van der Waals surface area contributed by atoms with Crippen LogP contribution in [0.1, 0.15) is 35.2 Å². The summed E-state index contributed by atoms with van der Waals surface area (Å²) in [5.41, 5.74) is 4.62. The number of nitrogens with one attached hydrogen (secondary N) is 1. The van der Waals surface area contributed by atoms with Crippen molar-refractivity contribution in [1.29, 1.82) is 0 Å². The number of alkyl halides is 3. The van der Waals surface area contributed by atoms with Crippen LogP contribution in [0.4, 0.5) is 23.7 Å². The number of hydrogen-bond acceptors (Lipinski definition) is 8. The molecule has 1 atom stereocenters. The number of amides is 3. The smallest absolute Gasteiger partial charge is 0.459 e. The topological polar surface area (TPSA) is 128 Å². The number of benzene rings is 4. The second kappa shape index (κ2) is 15.5. The van der Waals surface area contributed by atoms with Gasteiger partial charge in [-0.3, -0.25) is 9.69 Å². The third kappa shape index (κ3) is 8.49. The number of urea groups is 1. The number of carbonyl (C=O) groups excluding carboxylic acids is 3. The van der Waals surface area contributed by atoms with E-state index in [2.05, 4.69) is 25.1 Å². The van der Waals surface area contributed by atoms with E-state index in [1.165, 1.54) is 40.2 Å². The number of hydrogen-bond donors (Lipinski definition) is 1. The van der Waals surface area contributed by atoms with Crippen LogP contribution in [0.15, 0.2) is 108 Å². The van der Waals surface area contributed by atoms with E-state index in [1.807, 2.05) is 50.2 Å². The maximum Gasteiger partial charge on any atom is 0.573 e. The van der Waals surface area contributed by atoms with Crippen LogP contribution in [0.3, 0.4) is 0 Å². The SMILES string of the molecule is CCc1cccc(C)c1N1C(=O)CS/C1=N\C(=O)NC(C(=O)OCc1ccccc1)c1ccc(-c2ncn(-c3ccc(OC(F)(F)F)cc3)n2)cc1. The van der Waals surface area contributed by atoms with Gasteiger partial charge in [-0.15, -0.1) is 18.3 Å². The molecule has 0 aliphatic carbocycles. The Kier molecular flexibility index (Phi) is 10.7. The van der Waals surface area contributed by atoms with Crippen molar-refractivity contribution in [3.8, 4) is 22.8 Å². The van der Waals surface area contributed by atoms with E-state index in [0.717, 1.165) is 28.5 Å². The Bertz CT molecular complexity index is 2110. The molecule has 0 radical (unpaired) electrons. The van der Waals surface area contributed by atoms with Gasteiger partial charge in [-0.1, -0.05) is 91.5 Å². The molecule has 11 nitrogen and oxygen atoms in total. The van der Waals surface area contributed by atoms with Gasteiger partial charge in [-0.05, 0) is 59.9 Å². The summed E-state index contributed by atoms with van der Waals surface area (Å²) < 4.78 is 48.5. The molecule has 1 aliphatic heterocycles. The number of ether oxygens (including phenoxy) is 2. The quantitative estimate of drug-likeness (QED) is 0.148. The highest BCUT2D eigenvalue weighted by atomic mass is 32.2. The summed E-state index contributed by atoms with van der Waals surface area (Å²) in [7, 11) is 0. The van der Waals surface area contributed by atoms with Gasteiger partial charge in [0.05, 0.1) is 17.1 Å². The highest BCUT2D eigenvalue weighted by Gasteiger charge is 2.34. The molecular weight excluding hydrogens is 698 g/mol. The van der Waals surface area contributed by atoms with Gasteiger partial charge < -0.3 is 14.8 Å². The molecule has 1 aliphatic rings. The number of anilines is 1. The average Bonchev–Trinajstić information content (AvgIpc) is 3.76. The molecule has 0 saturated carbocycles. The van der Waals surface area contributed by atoms with E-state index < -0.39 is 24.4 Å². The molecule has 6 rings (SSSR count). The Labute approximate surface area is 300 Å². The zero-order valence-corrected chi connectivity index (χ0v) is 28.6. The monoisotopic (exact) mass is 728 g/mol. The summed E-state index contributed by atoms with van der Waals surface area (Å²) in [4.78, 5) is 50.0. The molecule has 3 amide bonds. The van der Waals surface area contributed by atoms with Crippen molar-refractivity contribution in [2.24, 2.45) is 4.99 Å². The molecule has 0 bridgehead atoms. The summed E-state index contributed by atoms with van der Waals surface area (Å²) in [5.74, 6) is -0.906. The first-order valence-corrected chi connectivity index (χ1v) is 17.0. The van der Waals surface area contributed by atoms with Gasteiger partial charge in [0, 0.05) is 5.56 Å². The highest BCUT2D eigenvalue weighted by Crippen LogP contribution is 2.33. The summed E-state index contributed by atoms with van der Waals surface area (Å²) in [6.07, 6.45) is -2.74. The molecule has 1 fully saturated rings. The first-order chi connectivity index (χ1) is 25.0. The van der Waals surface area contributed by atoms with Crippen molar-refractivity contribution in [3.63, 3.8) is 0 Å². The van der Waals surface area contributed by atoms with E-state index in [-0.39, 0.29) is 29.2 Å². The van der Waals surface area contributed by atoms with Crippen LogP contribution >= 0.6 is 11.8 Å². The fraction of sp³-hybridized carbons (Fsp3) is 0.189. The summed E-state index contributed by atoms with van der Waals surface area (Å²) in [6, 6.07) is 24.4. The normalized spacial score (nSPS) is 14.4.